The second-order valence-electron chi connectivity index (χ2n) is 8.17. The number of rotatable bonds is 3. The molecule has 1 saturated carbocycles. The lowest BCUT2D eigenvalue weighted by Crippen LogP contribution is -2.40. The van der Waals surface area contributed by atoms with Crippen LogP contribution >= 0.6 is 11.3 Å². The van der Waals surface area contributed by atoms with E-state index >= 15 is 0 Å². The first kappa shape index (κ1) is 17.8. The molecule has 0 aliphatic heterocycles. The highest BCUT2D eigenvalue weighted by atomic mass is 32.1. The number of thiophene rings is 1. The minimum atomic E-state index is -0.428. The van der Waals surface area contributed by atoms with E-state index in [9.17, 15) is 9.50 Å². The fourth-order valence-electron chi connectivity index (χ4n) is 5.03. The van der Waals surface area contributed by atoms with E-state index in [1.807, 2.05) is 28.4 Å². The molecule has 0 unspecified atom stereocenters. The summed E-state index contributed by atoms with van der Waals surface area (Å²) in [6, 6.07) is 10.5. The summed E-state index contributed by atoms with van der Waals surface area (Å²) in [5.41, 5.74) is 4.49. The lowest BCUT2D eigenvalue weighted by atomic mass is 9.58. The minimum absolute atomic E-state index is 0.0642. The topological polar surface area (TPSA) is 38.0 Å². The Morgan fingerprint density at radius 2 is 2.11 bits per heavy atom. The number of allylic oxidation sites excluding steroid dienone is 1. The van der Waals surface area contributed by atoms with Gasteiger partial charge in [0.2, 0.25) is 0 Å². The number of fused-ring (bicyclic) bond motifs is 2. The largest absolute Gasteiger partial charge is 0.387 e. The third-order valence-corrected chi connectivity index (χ3v) is 7.50. The van der Waals surface area contributed by atoms with Gasteiger partial charge in [0.15, 0.2) is 0 Å². The molecule has 0 spiro atoms. The van der Waals surface area contributed by atoms with Crippen LogP contribution in [0.5, 0.6) is 0 Å². The Labute approximate surface area is 168 Å². The quantitative estimate of drug-likeness (QED) is 0.632. The van der Waals surface area contributed by atoms with Crippen LogP contribution in [0, 0.1) is 17.2 Å². The van der Waals surface area contributed by atoms with Crippen LogP contribution in [-0.2, 0) is 6.42 Å². The molecular weight excluding hydrogens is 371 g/mol. The molecule has 5 heteroatoms. The molecule has 3 nitrogen and oxygen atoms in total. The maximum atomic E-state index is 13.3. The van der Waals surface area contributed by atoms with E-state index in [-0.39, 0.29) is 17.2 Å². The maximum Gasteiger partial charge on any atom is 0.123 e. The van der Waals surface area contributed by atoms with E-state index in [1.54, 1.807) is 23.5 Å². The average molecular weight is 395 g/mol. The van der Waals surface area contributed by atoms with E-state index in [0.717, 1.165) is 41.9 Å². The Morgan fingerprint density at radius 3 is 2.86 bits per heavy atom. The zero-order valence-electron chi connectivity index (χ0n) is 15.8. The van der Waals surface area contributed by atoms with E-state index < -0.39 is 6.10 Å². The van der Waals surface area contributed by atoms with Gasteiger partial charge >= 0.3 is 0 Å². The molecule has 3 atom stereocenters. The smallest absolute Gasteiger partial charge is 0.123 e. The normalized spacial score (nSPS) is 25.0. The molecule has 1 fully saturated rings. The Kier molecular flexibility index (Phi) is 4.25. The van der Waals surface area contributed by atoms with Crippen molar-refractivity contribution in [3.8, 4) is 5.69 Å². The van der Waals surface area contributed by atoms with Gasteiger partial charge in [0.05, 0.1) is 23.7 Å². The summed E-state index contributed by atoms with van der Waals surface area (Å²) in [5, 5.41) is 17.8. The summed E-state index contributed by atoms with van der Waals surface area (Å²) < 4.78 is 15.2. The molecule has 0 bridgehead atoms. The number of aliphatic hydroxyl groups excluding tert-OH is 1. The summed E-state index contributed by atoms with van der Waals surface area (Å²) in [5.74, 6) is -0.0399. The van der Waals surface area contributed by atoms with Crippen molar-refractivity contribution < 1.29 is 9.50 Å². The fraction of sp³-hybridized carbons (Fsp3) is 0.348. The number of halogens is 1. The summed E-state index contributed by atoms with van der Waals surface area (Å²) in [6.45, 7) is 2.30. The molecular formula is C23H23FN2OS. The number of aromatic nitrogens is 2. The molecule has 5 rings (SSSR count). The van der Waals surface area contributed by atoms with Crippen molar-refractivity contribution in [3.63, 3.8) is 0 Å². The van der Waals surface area contributed by atoms with E-state index in [1.165, 1.54) is 23.3 Å². The Morgan fingerprint density at radius 1 is 1.29 bits per heavy atom. The molecule has 3 aromatic rings. The lowest BCUT2D eigenvalue weighted by Gasteiger charge is -2.47. The fourth-order valence-corrected chi connectivity index (χ4v) is 5.81. The van der Waals surface area contributed by atoms with Crippen LogP contribution in [0.3, 0.4) is 0 Å². The first-order chi connectivity index (χ1) is 13.6. The van der Waals surface area contributed by atoms with Crippen LogP contribution in [0.15, 0.2) is 53.5 Å². The highest BCUT2D eigenvalue weighted by molar-refractivity contribution is 7.10. The van der Waals surface area contributed by atoms with Gasteiger partial charge in [-0.2, -0.15) is 5.10 Å². The van der Waals surface area contributed by atoms with Gasteiger partial charge in [-0.15, -0.1) is 11.3 Å². The zero-order chi connectivity index (χ0) is 19.3. The van der Waals surface area contributed by atoms with Crippen molar-refractivity contribution >= 4 is 17.4 Å². The predicted octanol–water partition coefficient (Wildman–Crippen LogP) is 5.55. The van der Waals surface area contributed by atoms with Gasteiger partial charge in [0.25, 0.3) is 0 Å². The number of hydrogen-bond donors (Lipinski definition) is 1. The van der Waals surface area contributed by atoms with Gasteiger partial charge in [-0.3, -0.25) is 0 Å². The van der Waals surface area contributed by atoms with Crippen molar-refractivity contribution in [2.45, 2.75) is 38.7 Å². The van der Waals surface area contributed by atoms with Crippen LogP contribution < -0.4 is 0 Å². The molecule has 0 amide bonds. The zero-order valence-corrected chi connectivity index (χ0v) is 16.6. The highest BCUT2D eigenvalue weighted by Gasteiger charge is 2.46. The van der Waals surface area contributed by atoms with Crippen molar-refractivity contribution in [1.29, 1.82) is 0 Å². The molecule has 28 heavy (non-hydrogen) atoms. The molecule has 2 aliphatic carbocycles. The number of hydrogen-bond acceptors (Lipinski definition) is 3. The number of benzene rings is 1. The third kappa shape index (κ3) is 2.76. The second kappa shape index (κ2) is 6.68. The SMILES string of the molecule is C[C@]12Cc3cnn(-c4ccc(F)cc4)c3C=C1CCC[C@@H]2[C@@H](O)c1cccs1. The molecule has 1 aromatic carbocycles. The first-order valence-corrected chi connectivity index (χ1v) is 10.7. The minimum Gasteiger partial charge on any atom is -0.387 e. The predicted molar refractivity (Wildman–Crippen MR) is 110 cm³/mol. The average Bonchev–Trinajstić information content (AvgIpc) is 3.35. The molecule has 0 radical (unpaired) electrons. The highest BCUT2D eigenvalue weighted by Crippen LogP contribution is 2.55. The Hall–Kier alpha value is -2.24. The molecule has 0 saturated heterocycles. The van der Waals surface area contributed by atoms with Gasteiger partial charge in [-0.25, -0.2) is 9.07 Å². The lowest BCUT2D eigenvalue weighted by molar-refractivity contribution is 0.0240. The number of nitrogens with zero attached hydrogens (tertiary/aromatic N) is 2. The van der Waals surface area contributed by atoms with Gasteiger partial charge < -0.3 is 5.11 Å². The van der Waals surface area contributed by atoms with E-state index in [4.69, 9.17) is 0 Å². The van der Waals surface area contributed by atoms with Crippen LogP contribution in [0.25, 0.3) is 11.8 Å². The van der Waals surface area contributed by atoms with Crippen LogP contribution in [0.4, 0.5) is 4.39 Å². The van der Waals surface area contributed by atoms with Crippen molar-refractivity contribution in [2.24, 2.45) is 11.3 Å². The van der Waals surface area contributed by atoms with Gasteiger partial charge in [0, 0.05) is 4.88 Å². The second-order valence-corrected chi connectivity index (χ2v) is 9.15. The summed E-state index contributed by atoms with van der Waals surface area (Å²) >= 11 is 1.63. The molecule has 2 aromatic heterocycles. The summed E-state index contributed by atoms with van der Waals surface area (Å²) in [6.07, 6.45) is 7.83. The van der Waals surface area contributed by atoms with E-state index in [2.05, 4.69) is 18.1 Å². The molecule has 144 valence electrons. The van der Waals surface area contributed by atoms with Gasteiger partial charge in [0.1, 0.15) is 5.82 Å². The number of aliphatic hydroxyl groups is 1. The van der Waals surface area contributed by atoms with E-state index in [0.29, 0.717) is 0 Å². The van der Waals surface area contributed by atoms with Gasteiger partial charge in [-0.1, -0.05) is 18.6 Å². The van der Waals surface area contributed by atoms with Crippen LogP contribution in [0.1, 0.15) is 48.4 Å². The molecule has 2 heterocycles. The maximum absolute atomic E-state index is 13.3. The Bertz CT molecular complexity index is 1020. The monoisotopic (exact) mass is 394 g/mol. The standard InChI is InChI=1S/C23H23FN2OS/c1-23-13-15-14-25-26(18-9-7-17(24)8-10-18)20(15)12-16(23)4-2-5-19(23)22(27)21-6-3-11-28-21/h3,6-12,14,19,22,27H,2,4-5,13H2,1H3/t19-,22-,23+/m1/s1. The molecule has 2 aliphatic rings. The van der Waals surface area contributed by atoms with Crippen molar-refractivity contribution in [1.82, 2.24) is 9.78 Å². The van der Waals surface area contributed by atoms with Crippen molar-refractivity contribution in [3.05, 3.63) is 75.5 Å². The van der Waals surface area contributed by atoms with Crippen molar-refractivity contribution in [2.75, 3.05) is 0 Å². The summed E-state index contributed by atoms with van der Waals surface area (Å²) in [7, 11) is 0. The van der Waals surface area contributed by atoms with Crippen LogP contribution in [-0.4, -0.2) is 14.9 Å². The van der Waals surface area contributed by atoms with Crippen LogP contribution in [0.2, 0.25) is 0 Å². The summed E-state index contributed by atoms with van der Waals surface area (Å²) in [4.78, 5) is 1.06. The first-order valence-electron chi connectivity index (χ1n) is 9.81. The van der Waals surface area contributed by atoms with Gasteiger partial charge in [-0.05, 0) is 84.4 Å². The Balaban J connectivity index is 1.54. The third-order valence-electron chi connectivity index (χ3n) is 6.56. The molecule has 1 N–H and O–H groups in total.